The van der Waals surface area contributed by atoms with Gasteiger partial charge < -0.3 is 15.2 Å². The van der Waals surface area contributed by atoms with Crippen LogP contribution in [0.25, 0.3) is 0 Å². The first-order chi connectivity index (χ1) is 8.35. The first kappa shape index (κ1) is 12.2. The summed E-state index contributed by atoms with van der Waals surface area (Å²) in [6.45, 7) is 4.28. The van der Waals surface area contributed by atoms with Crippen LogP contribution >= 0.6 is 0 Å². The molecule has 1 atom stereocenters. The summed E-state index contributed by atoms with van der Waals surface area (Å²) in [6.07, 6.45) is 3.36. The Morgan fingerprint density at radius 3 is 2.71 bits per heavy atom. The van der Waals surface area contributed by atoms with Crippen LogP contribution < -0.4 is 15.2 Å². The smallest absolute Gasteiger partial charge is 0.161 e. The van der Waals surface area contributed by atoms with E-state index >= 15 is 0 Å². The molecule has 1 aromatic rings. The van der Waals surface area contributed by atoms with Gasteiger partial charge in [-0.3, -0.25) is 0 Å². The molecule has 2 rings (SSSR count). The second-order valence-corrected chi connectivity index (χ2v) is 4.44. The molecule has 1 aromatic carbocycles. The van der Waals surface area contributed by atoms with Gasteiger partial charge in [0.15, 0.2) is 11.5 Å². The zero-order valence-electron chi connectivity index (χ0n) is 10.4. The number of ether oxygens (including phenoxy) is 2. The van der Waals surface area contributed by atoms with Crippen molar-refractivity contribution < 1.29 is 9.47 Å². The van der Waals surface area contributed by atoms with Crippen molar-refractivity contribution in [2.75, 3.05) is 19.8 Å². The molecule has 0 radical (unpaired) electrons. The van der Waals surface area contributed by atoms with Crippen LogP contribution in [0.3, 0.4) is 0 Å². The van der Waals surface area contributed by atoms with Crippen LogP contribution in [-0.4, -0.2) is 19.8 Å². The molecule has 1 heterocycles. The lowest BCUT2D eigenvalue weighted by atomic mass is 9.91. The van der Waals surface area contributed by atoms with Gasteiger partial charge in [0.2, 0.25) is 0 Å². The van der Waals surface area contributed by atoms with Gasteiger partial charge in [-0.1, -0.05) is 13.0 Å². The van der Waals surface area contributed by atoms with E-state index in [0.717, 1.165) is 37.3 Å². The highest BCUT2D eigenvalue weighted by atomic mass is 16.6. The van der Waals surface area contributed by atoms with E-state index in [-0.39, 0.29) is 0 Å². The lowest BCUT2D eigenvalue weighted by Gasteiger charge is -2.21. The van der Waals surface area contributed by atoms with Gasteiger partial charge in [-0.05, 0) is 49.4 Å². The van der Waals surface area contributed by atoms with E-state index in [1.165, 1.54) is 5.56 Å². The molecule has 1 aliphatic heterocycles. The fraction of sp³-hybridized carbons (Fsp3) is 0.571. The lowest BCUT2D eigenvalue weighted by Crippen LogP contribution is -2.15. The van der Waals surface area contributed by atoms with Crippen molar-refractivity contribution in [2.45, 2.75) is 32.1 Å². The molecular weight excluding hydrogens is 214 g/mol. The number of hydrogen-bond acceptors (Lipinski definition) is 3. The Morgan fingerprint density at radius 2 is 2.00 bits per heavy atom. The molecule has 0 saturated heterocycles. The molecule has 17 heavy (non-hydrogen) atoms. The number of rotatable bonds is 5. The molecule has 0 aromatic heterocycles. The zero-order chi connectivity index (χ0) is 12.1. The van der Waals surface area contributed by atoms with Crippen molar-refractivity contribution in [3.8, 4) is 11.5 Å². The quantitative estimate of drug-likeness (QED) is 0.853. The van der Waals surface area contributed by atoms with E-state index in [1.54, 1.807) is 0 Å². The third-order valence-corrected chi connectivity index (χ3v) is 3.29. The highest BCUT2D eigenvalue weighted by molar-refractivity contribution is 5.44. The molecule has 3 heteroatoms. The van der Waals surface area contributed by atoms with E-state index in [9.17, 15) is 0 Å². The van der Waals surface area contributed by atoms with Crippen LogP contribution in [-0.2, 0) is 0 Å². The van der Waals surface area contributed by atoms with Gasteiger partial charge in [0.25, 0.3) is 0 Å². The molecule has 2 N–H and O–H groups in total. The van der Waals surface area contributed by atoms with Gasteiger partial charge in [0.05, 0.1) is 0 Å². The predicted molar refractivity (Wildman–Crippen MR) is 68.8 cm³/mol. The molecule has 1 aliphatic rings. The minimum Gasteiger partial charge on any atom is -0.486 e. The van der Waals surface area contributed by atoms with Crippen LogP contribution in [0.2, 0.25) is 0 Å². The van der Waals surface area contributed by atoms with Gasteiger partial charge in [-0.2, -0.15) is 0 Å². The number of benzene rings is 1. The number of nitrogens with two attached hydrogens (primary N) is 1. The summed E-state index contributed by atoms with van der Waals surface area (Å²) in [5.74, 6) is 2.34. The van der Waals surface area contributed by atoms with Crippen molar-refractivity contribution in [1.82, 2.24) is 0 Å². The van der Waals surface area contributed by atoms with Crippen LogP contribution in [0.1, 0.15) is 37.7 Å². The normalized spacial score (nSPS) is 15.6. The summed E-state index contributed by atoms with van der Waals surface area (Å²) in [4.78, 5) is 0. The monoisotopic (exact) mass is 235 g/mol. The average molecular weight is 235 g/mol. The molecular formula is C14H21NO2. The Morgan fingerprint density at radius 1 is 1.24 bits per heavy atom. The summed E-state index contributed by atoms with van der Waals surface area (Å²) in [6, 6.07) is 6.30. The topological polar surface area (TPSA) is 44.5 Å². The van der Waals surface area contributed by atoms with Gasteiger partial charge >= 0.3 is 0 Å². The third-order valence-electron chi connectivity index (χ3n) is 3.29. The summed E-state index contributed by atoms with van der Waals surface area (Å²) < 4.78 is 11.1. The summed E-state index contributed by atoms with van der Waals surface area (Å²) in [5, 5.41) is 0. The number of hydrogen-bond donors (Lipinski definition) is 1. The van der Waals surface area contributed by atoms with Crippen molar-refractivity contribution in [2.24, 2.45) is 5.73 Å². The molecule has 0 saturated carbocycles. The molecule has 0 amide bonds. The van der Waals surface area contributed by atoms with Crippen LogP contribution in [0.15, 0.2) is 18.2 Å². The van der Waals surface area contributed by atoms with Crippen molar-refractivity contribution in [3.63, 3.8) is 0 Å². The standard InChI is InChI=1S/C14H21NO2/c1-2-11(4-3-7-15)12-5-6-13-14(10-12)17-9-8-16-13/h5-6,10-11H,2-4,7-9,15H2,1H3. The molecule has 0 bridgehead atoms. The van der Waals surface area contributed by atoms with E-state index in [2.05, 4.69) is 19.1 Å². The van der Waals surface area contributed by atoms with E-state index in [4.69, 9.17) is 15.2 Å². The zero-order valence-corrected chi connectivity index (χ0v) is 10.4. The van der Waals surface area contributed by atoms with Gasteiger partial charge in [-0.15, -0.1) is 0 Å². The Kier molecular flexibility index (Phi) is 4.26. The maximum absolute atomic E-state index is 5.61. The largest absolute Gasteiger partial charge is 0.486 e. The van der Waals surface area contributed by atoms with E-state index in [0.29, 0.717) is 19.1 Å². The summed E-state index contributed by atoms with van der Waals surface area (Å²) in [7, 11) is 0. The first-order valence-corrected chi connectivity index (χ1v) is 6.44. The Hall–Kier alpha value is -1.22. The minimum absolute atomic E-state index is 0.578. The SMILES string of the molecule is CCC(CCCN)c1ccc2c(c1)OCCO2. The fourth-order valence-corrected chi connectivity index (χ4v) is 2.28. The van der Waals surface area contributed by atoms with Crippen molar-refractivity contribution in [3.05, 3.63) is 23.8 Å². The highest BCUT2D eigenvalue weighted by Crippen LogP contribution is 2.35. The highest BCUT2D eigenvalue weighted by Gasteiger charge is 2.15. The second kappa shape index (κ2) is 5.92. The van der Waals surface area contributed by atoms with Crippen molar-refractivity contribution >= 4 is 0 Å². The third kappa shape index (κ3) is 2.91. The maximum atomic E-state index is 5.61. The molecule has 1 unspecified atom stereocenters. The van der Waals surface area contributed by atoms with Crippen LogP contribution in [0, 0.1) is 0 Å². The van der Waals surface area contributed by atoms with E-state index in [1.807, 2.05) is 6.07 Å². The van der Waals surface area contributed by atoms with Gasteiger partial charge in [-0.25, -0.2) is 0 Å². The average Bonchev–Trinajstić information content (AvgIpc) is 2.39. The van der Waals surface area contributed by atoms with E-state index < -0.39 is 0 Å². The van der Waals surface area contributed by atoms with Gasteiger partial charge in [0.1, 0.15) is 13.2 Å². The fourth-order valence-electron chi connectivity index (χ4n) is 2.28. The Balaban J connectivity index is 2.13. The molecule has 0 spiro atoms. The summed E-state index contributed by atoms with van der Waals surface area (Å²) >= 11 is 0. The maximum Gasteiger partial charge on any atom is 0.161 e. The number of fused-ring (bicyclic) bond motifs is 1. The van der Waals surface area contributed by atoms with Gasteiger partial charge in [0, 0.05) is 0 Å². The Bertz CT molecular complexity index is 365. The van der Waals surface area contributed by atoms with Crippen LogP contribution in [0.5, 0.6) is 11.5 Å². The first-order valence-electron chi connectivity index (χ1n) is 6.44. The van der Waals surface area contributed by atoms with Crippen molar-refractivity contribution in [1.29, 1.82) is 0 Å². The lowest BCUT2D eigenvalue weighted by molar-refractivity contribution is 0.171. The summed E-state index contributed by atoms with van der Waals surface area (Å²) in [5.41, 5.74) is 6.91. The molecule has 0 aliphatic carbocycles. The molecule has 3 nitrogen and oxygen atoms in total. The molecule has 0 fully saturated rings. The Labute approximate surface area is 103 Å². The second-order valence-electron chi connectivity index (χ2n) is 4.44. The molecule has 94 valence electrons. The van der Waals surface area contributed by atoms with Crippen LogP contribution in [0.4, 0.5) is 0 Å². The predicted octanol–water partition coefficient (Wildman–Crippen LogP) is 2.69. The minimum atomic E-state index is 0.578.